The van der Waals surface area contributed by atoms with Crippen molar-refractivity contribution in [3.8, 4) is 11.4 Å². The van der Waals surface area contributed by atoms with Gasteiger partial charge in [-0.3, -0.25) is 13.9 Å². The van der Waals surface area contributed by atoms with Gasteiger partial charge in [-0.25, -0.2) is 4.79 Å². The monoisotopic (exact) mass is 450 g/mol. The Labute approximate surface area is 187 Å². The number of benzene rings is 2. The van der Waals surface area contributed by atoms with Crippen LogP contribution in [0.5, 0.6) is 0 Å². The topological polar surface area (TPSA) is 92.1 Å². The van der Waals surface area contributed by atoms with Crippen LogP contribution in [0.1, 0.15) is 18.7 Å². The van der Waals surface area contributed by atoms with E-state index in [1.807, 2.05) is 30.5 Å². The van der Waals surface area contributed by atoms with Crippen molar-refractivity contribution in [2.75, 3.05) is 12.9 Å². The molecule has 32 heavy (non-hydrogen) atoms. The van der Waals surface area contributed by atoms with Crippen LogP contribution in [0.2, 0.25) is 0 Å². The summed E-state index contributed by atoms with van der Waals surface area (Å²) in [5, 5.41) is 4.54. The maximum atomic E-state index is 13.3. The van der Waals surface area contributed by atoms with E-state index >= 15 is 0 Å². The normalized spacial score (nSPS) is 16.1. The summed E-state index contributed by atoms with van der Waals surface area (Å²) in [6.07, 6.45) is 3.65. The molecule has 2 aromatic heterocycles. The molecule has 1 aliphatic heterocycles. The molecule has 2 aromatic carbocycles. The molecule has 9 heteroatoms. The number of hydrogen-bond donors (Lipinski definition) is 0. The van der Waals surface area contributed by atoms with Crippen LogP contribution in [-0.4, -0.2) is 38.2 Å². The standard InChI is InChI=1S/C23H22N4O4S/c1-32-17-10-8-15(9-11-17)21-24-20(31-25-21)14-26-19-7-3-2-6-18(19)22(28)27(23(26)29)13-16-5-4-12-30-16/h2-3,6-11,16H,4-5,12-14H2,1H3/t16-/m0/s1. The fraction of sp³-hybridized carbons (Fsp3) is 0.304. The zero-order valence-corrected chi connectivity index (χ0v) is 18.4. The molecule has 0 N–H and O–H groups in total. The Morgan fingerprint density at radius 3 is 2.66 bits per heavy atom. The van der Waals surface area contributed by atoms with Gasteiger partial charge in [0.05, 0.1) is 23.6 Å². The number of hydrogen-bond acceptors (Lipinski definition) is 7. The predicted molar refractivity (Wildman–Crippen MR) is 122 cm³/mol. The Hall–Kier alpha value is -3.17. The highest BCUT2D eigenvalue weighted by Gasteiger charge is 2.21. The largest absolute Gasteiger partial charge is 0.376 e. The summed E-state index contributed by atoms with van der Waals surface area (Å²) in [7, 11) is 0. The molecule has 0 spiro atoms. The molecule has 1 atom stereocenters. The van der Waals surface area contributed by atoms with Gasteiger partial charge in [-0.05, 0) is 55.5 Å². The number of para-hydroxylation sites is 1. The lowest BCUT2D eigenvalue weighted by Gasteiger charge is -2.15. The molecule has 0 unspecified atom stereocenters. The van der Waals surface area contributed by atoms with E-state index in [1.165, 1.54) is 9.13 Å². The highest BCUT2D eigenvalue weighted by Crippen LogP contribution is 2.21. The molecule has 0 radical (unpaired) electrons. The summed E-state index contributed by atoms with van der Waals surface area (Å²) in [5.41, 5.74) is 0.652. The first-order chi connectivity index (χ1) is 15.6. The summed E-state index contributed by atoms with van der Waals surface area (Å²) < 4.78 is 13.9. The van der Waals surface area contributed by atoms with Crippen LogP contribution in [-0.2, 0) is 17.8 Å². The smallest absolute Gasteiger partial charge is 0.332 e. The van der Waals surface area contributed by atoms with Crippen molar-refractivity contribution in [2.24, 2.45) is 0 Å². The second-order valence-electron chi connectivity index (χ2n) is 7.68. The van der Waals surface area contributed by atoms with Crippen molar-refractivity contribution in [3.05, 3.63) is 75.3 Å². The second-order valence-corrected chi connectivity index (χ2v) is 8.56. The highest BCUT2D eigenvalue weighted by atomic mass is 32.2. The molecule has 3 heterocycles. The van der Waals surface area contributed by atoms with Gasteiger partial charge in [-0.2, -0.15) is 4.98 Å². The van der Waals surface area contributed by atoms with Crippen LogP contribution in [0, 0.1) is 0 Å². The summed E-state index contributed by atoms with van der Waals surface area (Å²) in [6.45, 7) is 0.963. The molecule has 0 bridgehead atoms. The van der Waals surface area contributed by atoms with Gasteiger partial charge in [0.15, 0.2) is 0 Å². The van der Waals surface area contributed by atoms with Crippen molar-refractivity contribution >= 4 is 22.7 Å². The third-order valence-electron chi connectivity index (χ3n) is 5.65. The van der Waals surface area contributed by atoms with Crippen molar-refractivity contribution in [3.63, 3.8) is 0 Å². The fourth-order valence-electron chi connectivity index (χ4n) is 3.99. The molecular weight excluding hydrogens is 428 g/mol. The van der Waals surface area contributed by atoms with Crippen molar-refractivity contribution in [2.45, 2.75) is 36.9 Å². The summed E-state index contributed by atoms with van der Waals surface area (Å²) >= 11 is 1.66. The van der Waals surface area contributed by atoms with Crippen LogP contribution in [0.15, 0.2) is 67.5 Å². The molecule has 4 aromatic rings. The van der Waals surface area contributed by atoms with Gasteiger partial charge in [0.25, 0.3) is 5.56 Å². The predicted octanol–water partition coefficient (Wildman–Crippen LogP) is 3.16. The number of ether oxygens (including phenoxy) is 1. The molecule has 5 rings (SSSR count). The lowest BCUT2D eigenvalue weighted by Crippen LogP contribution is -2.42. The number of thioether (sulfide) groups is 1. The molecule has 0 amide bonds. The summed E-state index contributed by atoms with van der Waals surface area (Å²) in [6, 6.07) is 14.9. The van der Waals surface area contributed by atoms with Crippen LogP contribution >= 0.6 is 11.8 Å². The summed E-state index contributed by atoms with van der Waals surface area (Å²) in [5.74, 6) is 0.751. The first-order valence-electron chi connectivity index (χ1n) is 10.4. The third-order valence-corrected chi connectivity index (χ3v) is 6.40. The first kappa shape index (κ1) is 20.7. The Bertz CT molecular complexity index is 1370. The Kier molecular flexibility index (Phi) is 5.67. The molecule has 8 nitrogen and oxygen atoms in total. The Balaban J connectivity index is 1.53. The maximum absolute atomic E-state index is 13.3. The number of fused-ring (bicyclic) bond motifs is 1. The van der Waals surface area contributed by atoms with E-state index < -0.39 is 5.69 Å². The number of nitrogens with zero attached hydrogens (tertiary/aromatic N) is 4. The zero-order chi connectivity index (χ0) is 22.1. The van der Waals surface area contributed by atoms with Gasteiger partial charge in [0.1, 0.15) is 6.54 Å². The minimum absolute atomic E-state index is 0.0705. The number of aromatic nitrogens is 4. The molecule has 1 saturated heterocycles. The zero-order valence-electron chi connectivity index (χ0n) is 17.6. The summed E-state index contributed by atoms with van der Waals surface area (Å²) in [4.78, 5) is 32.0. The van der Waals surface area contributed by atoms with Gasteiger partial charge in [-0.1, -0.05) is 17.3 Å². The molecule has 1 fully saturated rings. The van der Waals surface area contributed by atoms with Gasteiger partial charge >= 0.3 is 5.69 Å². The third kappa shape index (κ3) is 3.89. The second kappa shape index (κ2) is 8.76. The molecule has 1 aliphatic rings. The maximum Gasteiger partial charge on any atom is 0.332 e. The van der Waals surface area contributed by atoms with Crippen LogP contribution in [0.3, 0.4) is 0 Å². The van der Waals surface area contributed by atoms with Crippen molar-refractivity contribution in [1.82, 2.24) is 19.3 Å². The van der Waals surface area contributed by atoms with Gasteiger partial charge < -0.3 is 9.26 Å². The van der Waals surface area contributed by atoms with E-state index in [0.717, 1.165) is 23.3 Å². The van der Waals surface area contributed by atoms with E-state index in [-0.39, 0.29) is 24.8 Å². The Morgan fingerprint density at radius 1 is 1.09 bits per heavy atom. The van der Waals surface area contributed by atoms with Crippen molar-refractivity contribution < 1.29 is 9.26 Å². The molecule has 0 saturated carbocycles. The van der Waals surface area contributed by atoms with Gasteiger partial charge in [0.2, 0.25) is 11.7 Å². The van der Waals surface area contributed by atoms with E-state index in [0.29, 0.717) is 29.2 Å². The average Bonchev–Trinajstić information content (AvgIpc) is 3.52. The van der Waals surface area contributed by atoms with Crippen LogP contribution < -0.4 is 11.2 Å². The molecule has 164 valence electrons. The number of rotatable bonds is 6. The fourth-order valence-corrected chi connectivity index (χ4v) is 4.40. The Morgan fingerprint density at radius 2 is 1.91 bits per heavy atom. The SMILES string of the molecule is CSc1ccc(-c2noc(Cn3c(=O)n(C[C@@H]4CCCO4)c(=O)c4ccccc43)n2)cc1. The lowest BCUT2D eigenvalue weighted by molar-refractivity contribution is 0.0948. The first-order valence-corrected chi connectivity index (χ1v) is 11.7. The quantitative estimate of drug-likeness (QED) is 0.417. The molecular formula is C23H22N4O4S. The minimum Gasteiger partial charge on any atom is -0.376 e. The highest BCUT2D eigenvalue weighted by molar-refractivity contribution is 7.98. The minimum atomic E-state index is -0.409. The van der Waals surface area contributed by atoms with E-state index in [2.05, 4.69) is 10.1 Å². The van der Waals surface area contributed by atoms with Crippen LogP contribution in [0.4, 0.5) is 0 Å². The van der Waals surface area contributed by atoms with E-state index in [4.69, 9.17) is 9.26 Å². The van der Waals surface area contributed by atoms with E-state index in [9.17, 15) is 9.59 Å². The average molecular weight is 451 g/mol. The van der Waals surface area contributed by atoms with Crippen LogP contribution in [0.25, 0.3) is 22.3 Å². The lowest BCUT2D eigenvalue weighted by atomic mass is 10.2. The van der Waals surface area contributed by atoms with Gasteiger partial charge in [-0.15, -0.1) is 11.8 Å². The van der Waals surface area contributed by atoms with E-state index in [1.54, 1.807) is 36.0 Å². The molecule has 0 aliphatic carbocycles. The van der Waals surface area contributed by atoms with Crippen molar-refractivity contribution in [1.29, 1.82) is 0 Å². The van der Waals surface area contributed by atoms with Gasteiger partial charge in [0, 0.05) is 17.1 Å².